The Hall–Kier alpha value is -2.37. The van der Waals surface area contributed by atoms with Gasteiger partial charge >= 0.3 is 0 Å². The first-order valence-corrected chi connectivity index (χ1v) is 10.2. The van der Waals surface area contributed by atoms with Gasteiger partial charge < -0.3 is 14.8 Å². The smallest absolute Gasteiger partial charge is 0.170 e. The van der Waals surface area contributed by atoms with Crippen molar-refractivity contribution >= 4 is 28.9 Å². The molecule has 144 valence electrons. The first-order chi connectivity index (χ1) is 13.5. The Morgan fingerprint density at radius 3 is 2.54 bits per heavy atom. The lowest BCUT2D eigenvalue weighted by Gasteiger charge is -2.27. The van der Waals surface area contributed by atoms with Crippen molar-refractivity contribution in [3.05, 3.63) is 82.4 Å². The van der Waals surface area contributed by atoms with E-state index in [1.165, 1.54) is 17.0 Å². The highest BCUT2D eigenvalue weighted by molar-refractivity contribution is 7.80. The zero-order valence-corrected chi connectivity index (χ0v) is 17.8. The number of benzene rings is 1. The minimum absolute atomic E-state index is 0.0211. The maximum atomic E-state index is 6.08. The molecule has 3 heterocycles. The first kappa shape index (κ1) is 19.0. The van der Waals surface area contributed by atoms with E-state index >= 15 is 0 Å². The highest BCUT2D eigenvalue weighted by Gasteiger charge is 2.40. The molecule has 1 aromatic carbocycles. The molecule has 0 saturated carbocycles. The van der Waals surface area contributed by atoms with Crippen LogP contribution in [0.5, 0.6) is 0 Å². The predicted molar refractivity (Wildman–Crippen MR) is 118 cm³/mol. The van der Waals surface area contributed by atoms with Crippen LogP contribution in [0.1, 0.15) is 41.7 Å². The van der Waals surface area contributed by atoms with E-state index in [0.717, 1.165) is 28.1 Å². The van der Waals surface area contributed by atoms with Crippen molar-refractivity contribution in [1.29, 1.82) is 0 Å². The number of aryl methyl sites for hydroxylation is 1. The van der Waals surface area contributed by atoms with Gasteiger partial charge in [-0.3, -0.25) is 4.98 Å². The number of nitrogens with zero attached hydrogens (tertiary/aromatic N) is 3. The lowest BCUT2D eigenvalue weighted by atomic mass is 9.97. The minimum Gasteiger partial charge on any atom is -0.352 e. The van der Waals surface area contributed by atoms with Crippen LogP contribution in [0.4, 0.5) is 0 Å². The van der Waals surface area contributed by atoms with Gasteiger partial charge in [0.15, 0.2) is 5.11 Å². The van der Waals surface area contributed by atoms with Crippen LogP contribution in [-0.4, -0.2) is 26.1 Å². The second kappa shape index (κ2) is 7.57. The lowest BCUT2D eigenvalue weighted by molar-refractivity contribution is 0.329. The van der Waals surface area contributed by atoms with Crippen LogP contribution >= 0.6 is 23.8 Å². The van der Waals surface area contributed by atoms with Crippen molar-refractivity contribution in [2.45, 2.75) is 32.9 Å². The second-order valence-electron chi connectivity index (χ2n) is 7.05. The number of aromatic nitrogens is 2. The number of hydrogen-bond donors (Lipinski definition) is 1. The van der Waals surface area contributed by atoms with Crippen LogP contribution in [0, 0.1) is 13.8 Å². The molecular formula is C22H23ClN4S. The van der Waals surface area contributed by atoms with Gasteiger partial charge in [0.05, 0.1) is 17.8 Å². The van der Waals surface area contributed by atoms with Crippen LogP contribution in [0.2, 0.25) is 5.02 Å². The third-order valence-electron chi connectivity index (χ3n) is 5.41. The SMILES string of the molecule is CCN1C(=S)N[C@H](c2ccccn2)[C@@H]1c1cc(C)n(-c2ccc(Cl)cc2)c1C. The number of pyridine rings is 1. The minimum atomic E-state index is 0.0211. The molecule has 1 N–H and O–H groups in total. The highest BCUT2D eigenvalue weighted by atomic mass is 35.5. The maximum Gasteiger partial charge on any atom is 0.170 e. The molecule has 3 aromatic rings. The Morgan fingerprint density at radius 1 is 1.14 bits per heavy atom. The molecule has 4 nitrogen and oxygen atoms in total. The van der Waals surface area contributed by atoms with Gasteiger partial charge in [-0.05, 0) is 81.0 Å². The largest absolute Gasteiger partial charge is 0.352 e. The molecule has 1 aliphatic heterocycles. The van der Waals surface area contributed by atoms with Gasteiger partial charge in [-0.25, -0.2) is 0 Å². The van der Waals surface area contributed by atoms with E-state index in [9.17, 15) is 0 Å². The van der Waals surface area contributed by atoms with Crippen molar-refractivity contribution in [2.24, 2.45) is 0 Å². The lowest BCUT2D eigenvalue weighted by Crippen LogP contribution is -2.29. The quantitative estimate of drug-likeness (QED) is 0.604. The van der Waals surface area contributed by atoms with Gasteiger partial charge in [-0.1, -0.05) is 17.7 Å². The normalized spacial score (nSPS) is 19.1. The zero-order valence-electron chi connectivity index (χ0n) is 16.2. The highest BCUT2D eigenvalue weighted by Crippen LogP contribution is 2.41. The monoisotopic (exact) mass is 410 g/mol. The van der Waals surface area contributed by atoms with E-state index in [-0.39, 0.29) is 12.1 Å². The van der Waals surface area contributed by atoms with Crippen LogP contribution < -0.4 is 5.32 Å². The second-order valence-corrected chi connectivity index (χ2v) is 7.87. The molecule has 1 fully saturated rings. The molecule has 2 atom stereocenters. The first-order valence-electron chi connectivity index (χ1n) is 9.44. The molecule has 28 heavy (non-hydrogen) atoms. The number of nitrogens with one attached hydrogen (secondary N) is 1. The molecule has 1 aliphatic rings. The van der Waals surface area contributed by atoms with Crippen molar-refractivity contribution in [2.75, 3.05) is 6.54 Å². The molecule has 0 aliphatic carbocycles. The molecule has 6 heteroatoms. The fourth-order valence-corrected chi connectivity index (χ4v) is 4.65. The third-order valence-corrected chi connectivity index (χ3v) is 6.02. The van der Waals surface area contributed by atoms with E-state index < -0.39 is 0 Å². The Balaban J connectivity index is 1.82. The Morgan fingerprint density at radius 2 is 1.89 bits per heavy atom. The van der Waals surface area contributed by atoms with Crippen molar-refractivity contribution in [3.8, 4) is 5.69 Å². The van der Waals surface area contributed by atoms with E-state index in [4.69, 9.17) is 23.8 Å². The number of rotatable bonds is 4. The fraction of sp³-hybridized carbons (Fsp3) is 0.273. The van der Waals surface area contributed by atoms with E-state index in [1.54, 1.807) is 0 Å². The summed E-state index contributed by atoms with van der Waals surface area (Å²) in [4.78, 5) is 6.85. The van der Waals surface area contributed by atoms with Crippen molar-refractivity contribution < 1.29 is 0 Å². The summed E-state index contributed by atoms with van der Waals surface area (Å²) < 4.78 is 2.27. The summed E-state index contributed by atoms with van der Waals surface area (Å²) in [7, 11) is 0. The summed E-state index contributed by atoms with van der Waals surface area (Å²) in [6.45, 7) is 7.28. The molecule has 1 saturated heterocycles. The van der Waals surface area contributed by atoms with Crippen molar-refractivity contribution in [1.82, 2.24) is 19.8 Å². The van der Waals surface area contributed by atoms with E-state index in [0.29, 0.717) is 0 Å². The standard InChI is InChI=1S/C22H23ClN4S/c1-4-26-21(20(25-22(26)28)19-7-5-6-12-24-19)18-13-14(2)27(15(18)3)17-10-8-16(23)9-11-17/h5-13,20-21H,4H2,1-3H3,(H,25,28)/t20-,21+/m1/s1. The molecule has 0 bridgehead atoms. The average molecular weight is 411 g/mol. The predicted octanol–water partition coefficient (Wildman–Crippen LogP) is 5.13. The molecule has 0 radical (unpaired) electrons. The Bertz CT molecular complexity index is 997. The van der Waals surface area contributed by atoms with Gasteiger partial charge in [0.25, 0.3) is 0 Å². The Labute approximate surface area is 176 Å². The summed E-state index contributed by atoms with van der Waals surface area (Å²) in [6, 6.07) is 16.4. The molecule has 0 spiro atoms. The van der Waals surface area contributed by atoms with Crippen LogP contribution in [0.15, 0.2) is 54.7 Å². The van der Waals surface area contributed by atoms with Crippen molar-refractivity contribution in [3.63, 3.8) is 0 Å². The van der Waals surface area contributed by atoms with Crippen LogP contribution in [0.3, 0.4) is 0 Å². The summed E-state index contributed by atoms with van der Waals surface area (Å²) in [5, 5.41) is 5.01. The van der Waals surface area contributed by atoms with Crippen LogP contribution in [-0.2, 0) is 0 Å². The number of thiocarbonyl (C=S) groups is 1. The maximum absolute atomic E-state index is 6.08. The number of hydrogen-bond acceptors (Lipinski definition) is 2. The number of likely N-dealkylation sites (N-methyl/N-ethyl adjacent to an activating group) is 1. The van der Waals surface area contributed by atoms with E-state index in [2.05, 4.69) is 64.8 Å². The Kier molecular flexibility index (Phi) is 5.13. The topological polar surface area (TPSA) is 33.1 Å². The summed E-state index contributed by atoms with van der Waals surface area (Å²) in [5.74, 6) is 0. The summed E-state index contributed by atoms with van der Waals surface area (Å²) >= 11 is 11.7. The number of halogens is 1. The van der Waals surface area contributed by atoms with Crippen LogP contribution in [0.25, 0.3) is 5.69 Å². The molecule has 0 amide bonds. The summed E-state index contributed by atoms with van der Waals surface area (Å²) in [6.07, 6.45) is 1.84. The van der Waals surface area contributed by atoms with Gasteiger partial charge in [0, 0.05) is 34.8 Å². The molecule has 4 rings (SSSR count). The molecule has 2 aromatic heterocycles. The van der Waals surface area contributed by atoms with Gasteiger partial charge in [-0.2, -0.15) is 0 Å². The average Bonchev–Trinajstić information content (AvgIpc) is 3.18. The van der Waals surface area contributed by atoms with Gasteiger partial charge in [0.2, 0.25) is 0 Å². The van der Waals surface area contributed by atoms with Gasteiger partial charge in [-0.15, -0.1) is 0 Å². The van der Waals surface area contributed by atoms with Gasteiger partial charge in [0.1, 0.15) is 0 Å². The molecular weight excluding hydrogens is 388 g/mol. The zero-order chi connectivity index (χ0) is 19.8. The fourth-order valence-electron chi connectivity index (χ4n) is 4.16. The summed E-state index contributed by atoms with van der Waals surface area (Å²) in [5.41, 5.74) is 5.76. The third kappa shape index (κ3) is 3.19. The van der Waals surface area contributed by atoms with E-state index in [1.807, 2.05) is 30.5 Å². The molecule has 0 unspecified atom stereocenters.